The average Bonchev–Trinajstić information content (AvgIpc) is 2.67. The summed E-state index contributed by atoms with van der Waals surface area (Å²) in [4.78, 5) is 0. The van der Waals surface area contributed by atoms with E-state index in [0.717, 1.165) is 17.8 Å². The summed E-state index contributed by atoms with van der Waals surface area (Å²) >= 11 is 0. The lowest BCUT2D eigenvalue weighted by molar-refractivity contribution is 0.128. The van der Waals surface area contributed by atoms with E-state index in [2.05, 4.69) is 25.0 Å². The highest BCUT2D eigenvalue weighted by molar-refractivity contribution is 5.36. The first-order valence-corrected chi connectivity index (χ1v) is 4.78. The van der Waals surface area contributed by atoms with Gasteiger partial charge < -0.3 is 4.74 Å². The van der Waals surface area contributed by atoms with Gasteiger partial charge in [-0.25, -0.2) is 0 Å². The van der Waals surface area contributed by atoms with Crippen LogP contribution in [0, 0.1) is 17.2 Å². The number of nitrogens with zero attached hydrogens (tertiary/aromatic N) is 3. The molecular weight excluding hydrogens is 178 g/mol. The van der Waals surface area contributed by atoms with E-state index in [9.17, 15) is 0 Å². The van der Waals surface area contributed by atoms with E-state index >= 15 is 0 Å². The molecule has 4 nitrogen and oxygen atoms in total. The summed E-state index contributed by atoms with van der Waals surface area (Å²) in [5.74, 6) is 0.533. The molecule has 1 aromatic rings. The number of fused-ring (bicyclic) bond motifs is 1. The summed E-state index contributed by atoms with van der Waals surface area (Å²) < 4.78 is 7.22. The Labute approximate surface area is 83.1 Å². The summed E-state index contributed by atoms with van der Waals surface area (Å²) in [7, 11) is 0. The highest BCUT2D eigenvalue weighted by Crippen LogP contribution is 2.23. The molecule has 0 atom stereocenters. The second kappa shape index (κ2) is 3.43. The maximum atomic E-state index is 8.87. The molecule has 1 aromatic heterocycles. The van der Waals surface area contributed by atoms with Gasteiger partial charge in [0.25, 0.3) is 0 Å². The van der Waals surface area contributed by atoms with Crippen LogP contribution in [0.3, 0.4) is 0 Å². The van der Waals surface area contributed by atoms with Crippen LogP contribution >= 0.6 is 0 Å². The maximum Gasteiger partial charge on any atom is 0.168 e. The molecule has 0 amide bonds. The lowest BCUT2D eigenvalue weighted by atomic mass is 10.2. The van der Waals surface area contributed by atoms with E-state index in [0.29, 0.717) is 24.8 Å². The van der Waals surface area contributed by atoms with Crippen LogP contribution in [0.15, 0.2) is 0 Å². The van der Waals surface area contributed by atoms with Crippen molar-refractivity contribution in [3.8, 4) is 6.07 Å². The minimum Gasteiger partial charge on any atom is -0.370 e. The van der Waals surface area contributed by atoms with Crippen molar-refractivity contribution in [2.24, 2.45) is 5.92 Å². The predicted molar refractivity (Wildman–Crippen MR) is 50.3 cm³/mol. The second-order valence-electron chi connectivity index (χ2n) is 3.95. The Kier molecular flexibility index (Phi) is 2.26. The molecule has 0 radical (unpaired) electrons. The third-order valence-corrected chi connectivity index (χ3v) is 2.30. The molecule has 74 valence electrons. The Hall–Kier alpha value is -1.34. The van der Waals surface area contributed by atoms with Crippen molar-refractivity contribution in [1.82, 2.24) is 9.78 Å². The van der Waals surface area contributed by atoms with Crippen LogP contribution in [0.5, 0.6) is 0 Å². The van der Waals surface area contributed by atoms with Crippen LogP contribution in [0.1, 0.15) is 30.8 Å². The molecule has 2 heterocycles. The molecule has 0 saturated heterocycles. The van der Waals surface area contributed by atoms with Crippen molar-refractivity contribution in [3.63, 3.8) is 0 Å². The quantitative estimate of drug-likeness (QED) is 0.710. The SMILES string of the molecule is CC(C)Cn1nc(C#N)c2c1COC2. The van der Waals surface area contributed by atoms with Gasteiger partial charge in [0.05, 0.1) is 18.9 Å². The third-order valence-electron chi connectivity index (χ3n) is 2.30. The molecule has 1 aliphatic rings. The molecule has 0 spiro atoms. The number of ether oxygens (including phenoxy) is 1. The first-order valence-electron chi connectivity index (χ1n) is 4.78. The van der Waals surface area contributed by atoms with E-state index in [1.807, 2.05) is 4.68 Å². The minimum atomic E-state index is 0.526. The number of nitriles is 1. The number of rotatable bonds is 2. The zero-order valence-electron chi connectivity index (χ0n) is 8.45. The first-order chi connectivity index (χ1) is 6.72. The number of hydrogen-bond acceptors (Lipinski definition) is 3. The van der Waals surface area contributed by atoms with Gasteiger partial charge in [0, 0.05) is 12.1 Å². The monoisotopic (exact) mass is 191 g/mol. The van der Waals surface area contributed by atoms with Crippen molar-refractivity contribution >= 4 is 0 Å². The molecule has 0 saturated carbocycles. The fourth-order valence-corrected chi connectivity index (χ4v) is 1.68. The highest BCUT2D eigenvalue weighted by Gasteiger charge is 2.22. The standard InChI is InChI=1S/C10H13N3O/c1-7(2)4-13-10-6-14-5-8(10)9(3-11)12-13/h7H,4-6H2,1-2H3. The third kappa shape index (κ3) is 1.40. The van der Waals surface area contributed by atoms with Gasteiger partial charge in [-0.1, -0.05) is 13.8 Å². The van der Waals surface area contributed by atoms with Gasteiger partial charge in [-0.3, -0.25) is 4.68 Å². The fraction of sp³-hybridized carbons (Fsp3) is 0.600. The van der Waals surface area contributed by atoms with E-state index in [1.54, 1.807) is 0 Å². The van der Waals surface area contributed by atoms with E-state index in [-0.39, 0.29) is 0 Å². The minimum absolute atomic E-state index is 0.526. The van der Waals surface area contributed by atoms with Crippen molar-refractivity contribution in [1.29, 1.82) is 5.26 Å². The zero-order valence-corrected chi connectivity index (χ0v) is 8.45. The van der Waals surface area contributed by atoms with Crippen molar-refractivity contribution in [2.45, 2.75) is 33.6 Å². The van der Waals surface area contributed by atoms with Crippen molar-refractivity contribution in [2.75, 3.05) is 0 Å². The van der Waals surface area contributed by atoms with Gasteiger partial charge in [-0.2, -0.15) is 10.4 Å². The Morgan fingerprint density at radius 2 is 2.36 bits per heavy atom. The lowest BCUT2D eigenvalue weighted by Gasteiger charge is -2.07. The van der Waals surface area contributed by atoms with Crippen molar-refractivity contribution in [3.05, 3.63) is 17.0 Å². The molecular formula is C10H13N3O. The predicted octanol–water partition coefficient (Wildman–Crippen LogP) is 1.44. The van der Waals surface area contributed by atoms with Crippen LogP contribution in [0.25, 0.3) is 0 Å². The molecule has 1 aliphatic heterocycles. The van der Waals surface area contributed by atoms with Gasteiger partial charge >= 0.3 is 0 Å². The molecule has 0 bridgehead atoms. The molecule has 2 rings (SSSR count). The molecule has 0 fully saturated rings. The van der Waals surface area contributed by atoms with E-state index in [1.165, 1.54) is 0 Å². The van der Waals surface area contributed by atoms with Gasteiger partial charge in [-0.05, 0) is 5.92 Å². The molecule has 0 unspecified atom stereocenters. The first kappa shape index (κ1) is 9.22. The normalized spacial score (nSPS) is 14.4. The van der Waals surface area contributed by atoms with Crippen molar-refractivity contribution < 1.29 is 4.74 Å². The highest BCUT2D eigenvalue weighted by atomic mass is 16.5. The smallest absolute Gasteiger partial charge is 0.168 e. The van der Waals surface area contributed by atoms with Crippen LogP contribution in [-0.4, -0.2) is 9.78 Å². The Bertz CT molecular complexity index is 387. The van der Waals surface area contributed by atoms with Crippen LogP contribution in [0.4, 0.5) is 0 Å². The fourth-order valence-electron chi connectivity index (χ4n) is 1.68. The van der Waals surface area contributed by atoms with Gasteiger partial charge in [-0.15, -0.1) is 0 Å². The molecule has 14 heavy (non-hydrogen) atoms. The number of aromatic nitrogens is 2. The van der Waals surface area contributed by atoms with Crippen LogP contribution in [0.2, 0.25) is 0 Å². The van der Waals surface area contributed by atoms with Gasteiger partial charge in [0.2, 0.25) is 0 Å². The molecule has 0 aliphatic carbocycles. The molecule has 0 aromatic carbocycles. The summed E-state index contributed by atoms with van der Waals surface area (Å²) in [6.07, 6.45) is 0. The summed E-state index contributed by atoms with van der Waals surface area (Å²) in [6.45, 7) is 6.26. The van der Waals surface area contributed by atoms with E-state index < -0.39 is 0 Å². The van der Waals surface area contributed by atoms with Crippen LogP contribution < -0.4 is 0 Å². The Balaban J connectivity index is 2.38. The average molecular weight is 191 g/mol. The van der Waals surface area contributed by atoms with E-state index in [4.69, 9.17) is 10.00 Å². The Morgan fingerprint density at radius 1 is 1.57 bits per heavy atom. The summed E-state index contributed by atoms with van der Waals surface area (Å²) in [5.41, 5.74) is 2.58. The van der Waals surface area contributed by atoms with Crippen LogP contribution in [-0.2, 0) is 24.5 Å². The lowest BCUT2D eigenvalue weighted by Crippen LogP contribution is -2.09. The summed E-state index contributed by atoms with van der Waals surface area (Å²) in [5, 5.41) is 13.1. The van der Waals surface area contributed by atoms with Gasteiger partial charge in [0.15, 0.2) is 5.69 Å². The zero-order chi connectivity index (χ0) is 10.1. The maximum absolute atomic E-state index is 8.87. The summed E-state index contributed by atoms with van der Waals surface area (Å²) in [6, 6.07) is 2.11. The molecule has 4 heteroatoms. The Morgan fingerprint density at radius 3 is 3.00 bits per heavy atom. The topological polar surface area (TPSA) is 50.8 Å². The van der Waals surface area contributed by atoms with Gasteiger partial charge in [0.1, 0.15) is 6.07 Å². The largest absolute Gasteiger partial charge is 0.370 e. The number of hydrogen-bond donors (Lipinski definition) is 0. The molecule has 0 N–H and O–H groups in total. The second-order valence-corrected chi connectivity index (χ2v) is 3.95.